The zero-order chi connectivity index (χ0) is 16.5. The van der Waals surface area contributed by atoms with Crippen molar-refractivity contribution in [3.8, 4) is 0 Å². The molecule has 3 N–H and O–H groups in total. The number of nitrogens with one attached hydrogen (secondary N) is 1. The lowest BCUT2D eigenvalue weighted by atomic mass is 10.1. The van der Waals surface area contributed by atoms with Crippen LogP contribution in [-0.2, 0) is 6.54 Å². The van der Waals surface area contributed by atoms with Gasteiger partial charge in [0.1, 0.15) is 11.3 Å². The van der Waals surface area contributed by atoms with Gasteiger partial charge in [-0.05, 0) is 51.0 Å². The lowest BCUT2D eigenvalue weighted by Crippen LogP contribution is -2.25. The Hall–Kier alpha value is -1.92. The molecule has 2 aromatic rings. The fourth-order valence-electron chi connectivity index (χ4n) is 4.03. The van der Waals surface area contributed by atoms with Crippen molar-refractivity contribution in [2.45, 2.75) is 31.7 Å². The van der Waals surface area contributed by atoms with Crippen LogP contribution in [0.25, 0.3) is 11.0 Å². The summed E-state index contributed by atoms with van der Waals surface area (Å²) in [5.41, 5.74) is 7.88. The molecular weight excluding hydrogens is 302 g/mol. The number of hydrogen-bond donors (Lipinski definition) is 2. The number of para-hydroxylation sites is 1. The van der Waals surface area contributed by atoms with Gasteiger partial charge in [0.2, 0.25) is 0 Å². The van der Waals surface area contributed by atoms with Gasteiger partial charge in [-0.15, -0.1) is 0 Å². The molecule has 2 aliphatic rings. The predicted molar refractivity (Wildman–Crippen MR) is 94.2 cm³/mol. The Morgan fingerprint density at radius 3 is 2.83 bits per heavy atom. The van der Waals surface area contributed by atoms with Crippen LogP contribution in [0.5, 0.6) is 0 Å². The van der Waals surface area contributed by atoms with Crippen LogP contribution < -0.4 is 11.1 Å². The summed E-state index contributed by atoms with van der Waals surface area (Å²) in [6.45, 7) is 6.34. The van der Waals surface area contributed by atoms with Gasteiger partial charge in [0.25, 0.3) is 5.91 Å². The second kappa shape index (κ2) is 6.53. The van der Waals surface area contributed by atoms with E-state index in [2.05, 4.69) is 20.9 Å². The van der Waals surface area contributed by atoms with Crippen LogP contribution in [0, 0.1) is 0 Å². The Labute approximate surface area is 142 Å². The predicted octanol–water partition coefficient (Wildman–Crippen LogP) is 1.31. The normalized spacial score (nSPS) is 21.8. The van der Waals surface area contributed by atoms with E-state index in [9.17, 15) is 4.79 Å². The van der Waals surface area contributed by atoms with Gasteiger partial charge in [-0.1, -0.05) is 6.07 Å². The molecule has 2 fully saturated rings. The van der Waals surface area contributed by atoms with Crippen molar-refractivity contribution in [2.75, 3.05) is 32.7 Å². The number of nitrogens with zero attached hydrogens (tertiary/aromatic N) is 3. The molecule has 1 aromatic heterocycles. The Kier molecular flexibility index (Phi) is 4.24. The van der Waals surface area contributed by atoms with Crippen LogP contribution >= 0.6 is 0 Å². The zero-order valence-electron chi connectivity index (χ0n) is 14.0. The molecule has 1 amide bonds. The third-order valence-electron chi connectivity index (χ3n) is 5.34. The van der Waals surface area contributed by atoms with E-state index in [1.54, 1.807) is 6.07 Å². The van der Waals surface area contributed by atoms with Gasteiger partial charge >= 0.3 is 0 Å². The average molecular weight is 327 g/mol. The number of rotatable bonds is 5. The Balaban J connectivity index is 1.73. The summed E-state index contributed by atoms with van der Waals surface area (Å²) in [7, 11) is 0. The molecule has 0 spiro atoms. The summed E-state index contributed by atoms with van der Waals surface area (Å²) in [5.74, 6) is 1.11. The number of likely N-dealkylation sites (tertiary alicyclic amines) is 1. The minimum atomic E-state index is -0.402. The molecule has 2 saturated heterocycles. The maximum atomic E-state index is 11.8. The molecule has 6 heteroatoms. The van der Waals surface area contributed by atoms with Crippen molar-refractivity contribution >= 4 is 16.9 Å². The molecule has 0 bridgehead atoms. The zero-order valence-corrected chi connectivity index (χ0v) is 14.0. The number of aromatic nitrogens is 2. The van der Waals surface area contributed by atoms with E-state index in [1.165, 1.54) is 25.9 Å². The summed E-state index contributed by atoms with van der Waals surface area (Å²) in [5, 5.41) is 3.42. The third-order valence-corrected chi connectivity index (χ3v) is 5.34. The molecule has 3 heterocycles. The fraction of sp³-hybridized carbons (Fsp3) is 0.556. The Bertz CT molecular complexity index is 741. The maximum Gasteiger partial charge on any atom is 0.250 e. The molecular formula is C18H25N5O. The number of carbonyl (C=O) groups is 1. The number of primary amides is 1. The van der Waals surface area contributed by atoms with Crippen LogP contribution in [0.15, 0.2) is 18.2 Å². The molecule has 128 valence electrons. The molecule has 24 heavy (non-hydrogen) atoms. The van der Waals surface area contributed by atoms with Crippen LogP contribution in [0.1, 0.15) is 41.4 Å². The molecule has 1 atom stereocenters. The van der Waals surface area contributed by atoms with Crippen molar-refractivity contribution < 1.29 is 4.79 Å². The van der Waals surface area contributed by atoms with Crippen molar-refractivity contribution in [3.63, 3.8) is 0 Å². The summed E-state index contributed by atoms with van der Waals surface area (Å²) in [6.07, 6.45) is 3.70. The van der Waals surface area contributed by atoms with Crippen LogP contribution in [0.2, 0.25) is 0 Å². The fourth-order valence-corrected chi connectivity index (χ4v) is 4.03. The largest absolute Gasteiger partial charge is 0.366 e. The highest BCUT2D eigenvalue weighted by Crippen LogP contribution is 2.28. The van der Waals surface area contributed by atoms with Crippen molar-refractivity contribution in [1.82, 2.24) is 19.8 Å². The molecule has 1 unspecified atom stereocenters. The average Bonchev–Trinajstić information content (AvgIpc) is 3.32. The van der Waals surface area contributed by atoms with Gasteiger partial charge in [-0.3, -0.25) is 4.79 Å². The minimum absolute atomic E-state index is 0.402. The number of hydrogen-bond acceptors (Lipinski definition) is 4. The summed E-state index contributed by atoms with van der Waals surface area (Å²) in [4.78, 5) is 19.2. The van der Waals surface area contributed by atoms with Crippen molar-refractivity contribution in [2.24, 2.45) is 5.73 Å². The molecule has 4 rings (SSSR count). The third kappa shape index (κ3) is 2.80. The van der Waals surface area contributed by atoms with E-state index in [1.807, 2.05) is 6.07 Å². The smallest absolute Gasteiger partial charge is 0.250 e. The minimum Gasteiger partial charge on any atom is -0.366 e. The van der Waals surface area contributed by atoms with Crippen LogP contribution in [0.4, 0.5) is 0 Å². The maximum absolute atomic E-state index is 11.8. The molecule has 6 nitrogen and oxygen atoms in total. The van der Waals surface area contributed by atoms with E-state index in [-0.39, 0.29) is 0 Å². The highest BCUT2D eigenvalue weighted by molar-refractivity contribution is 6.04. The Morgan fingerprint density at radius 2 is 2.12 bits per heavy atom. The van der Waals surface area contributed by atoms with Crippen LogP contribution in [0.3, 0.4) is 0 Å². The second-order valence-corrected chi connectivity index (χ2v) is 6.90. The van der Waals surface area contributed by atoms with Gasteiger partial charge in [0.05, 0.1) is 11.1 Å². The van der Waals surface area contributed by atoms with Crippen molar-refractivity contribution in [3.05, 3.63) is 29.6 Å². The molecule has 2 aliphatic heterocycles. The standard InChI is InChI=1S/C18H25N5O/c19-17(24)14-4-3-5-15-16(14)21-18(13-6-7-20-12-13)23(15)11-10-22-8-1-2-9-22/h3-5,13,20H,1-2,6-12H2,(H2,19,24). The quantitative estimate of drug-likeness (QED) is 0.868. The first-order chi connectivity index (χ1) is 11.7. The lowest BCUT2D eigenvalue weighted by molar-refractivity contribution is 0.100. The van der Waals surface area contributed by atoms with Crippen molar-refractivity contribution in [1.29, 1.82) is 0 Å². The van der Waals surface area contributed by atoms with Gasteiger partial charge in [0.15, 0.2) is 0 Å². The van der Waals surface area contributed by atoms with Gasteiger partial charge in [-0.2, -0.15) is 0 Å². The molecule has 0 saturated carbocycles. The van der Waals surface area contributed by atoms with Gasteiger partial charge in [-0.25, -0.2) is 4.98 Å². The number of carbonyl (C=O) groups excluding carboxylic acids is 1. The SMILES string of the molecule is NC(=O)c1cccc2c1nc(C1CCNC1)n2CCN1CCCC1. The number of fused-ring (bicyclic) bond motifs is 1. The van der Waals surface area contributed by atoms with E-state index in [0.717, 1.165) is 49.5 Å². The molecule has 0 aliphatic carbocycles. The second-order valence-electron chi connectivity index (χ2n) is 6.90. The number of benzene rings is 1. The molecule has 1 aromatic carbocycles. The summed E-state index contributed by atoms with van der Waals surface area (Å²) in [6, 6.07) is 5.75. The number of nitrogens with two attached hydrogens (primary N) is 1. The Morgan fingerprint density at radius 1 is 1.29 bits per heavy atom. The van der Waals surface area contributed by atoms with Gasteiger partial charge < -0.3 is 20.5 Å². The van der Waals surface area contributed by atoms with Crippen LogP contribution in [-0.4, -0.2) is 53.1 Å². The number of amides is 1. The monoisotopic (exact) mass is 327 g/mol. The first kappa shape index (κ1) is 15.6. The van der Waals surface area contributed by atoms with Gasteiger partial charge in [0, 0.05) is 25.6 Å². The topological polar surface area (TPSA) is 76.2 Å². The highest BCUT2D eigenvalue weighted by atomic mass is 16.1. The lowest BCUT2D eigenvalue weighted by Gasteiger charge is -2.18. The number of imidazole rings is 1. The van der Waals surface area contributed by atoms with E-state index < -0.39 is 5.91 Å². The molecule has 0 radical (unpaired) electrons. The summed E-state index contributed by atoms with van der Waals surface area (Å²) < 4.78 is 2.32. The van der Waals surface area contributed by atoms with E-state index >= 15 is 0 Å². The van der Waals surface area contributed by atoms with E-state index in [4.69, 9.17) is 10.7 Å². The first-order valence-corrected chi connectivity index (χ1v) is 8.96. The summed E-state index contributed by atoms with van der Waals surface area (Å²) >= 11 is 0. The first-order valence-electron chi connectivity index (χ1n) is 8.96. The van der Waals surface area contributed by atoms with E-state index in [0.29, 0.717) is 11.5 Å². The highest BCUT2D eigenvalue weighted by Gasteiger charge is 2.25.